The molecule has 118 valence electrons. The summed E-state index contributed by atoms with van der Waals surface area (Å²) in [7, 11) is 3.30. The number of methoxy groups -OCH3 is 1. The van der Waals surface area contributed by atoms with E-state index in [1.54, 1.807) is 19.1 Å². The highest BCUT2D eigenvalue weighted by atomic mass is 16.5. The summed E-state index contributed by atoms with van der Waals surface area (Å²) in [5.41, 5.74) is 1.09. The van der Waals surface area contributed by atoms with Crippen LogP contribution in [-0.4, -0.2) is 49.8 Å². The molecule has 0 spiro atoms. The first-order valence-electron chi connectivity index (χ1n) is 6.95. The van der Waals surface area contributed by atoms with Crippen LogP contribution in [0.1, 0.15) is 5.56 Å². The molecule has 0 atom stereocenters. The van der Waals surface area contributed by atoms with E-state index in [1.807, 2.05) is 30.3 Å². The number of benzene rings is 1. The van der Waals surface area contributed by atoms with Crippen molar-refractivity contribution < 1.29 is 14.6 Å². The van der Waals surface area contributed by atoms with Gasteiger partial charge in [0, 0.05) is 26.3 Å². The molecule has 6 heteroatoms. The first-order chi connectivity index (χ1) is 10.6. The number of amides is 1. The van der Waals surface area contributed by atoms with Gasteiger partial charge in [-0.2, -0.15) is 5.26 Å². The molecule has 0 saturated heterocycles. The van der Waals surface area contributed by atoms with Crippen LogP contribution in [0.15, 0.2) is 36.0 Å². The van der Waals surface area contributed by atoms with E-state index >= 15 is 0 Å². The number of nitrogens with zero attached hydrogens (tertiary/aromatic N) is 2. The summed E-state index contributed by atoms with van der Waals surface area (Å²) in [4.78, 5) is 13.5. The molecule has 0 unspecified atom stereocenters. The van der Waals surface area contributed by atoms with Crippen LogP contribution in [-0.2, 0) is 11.2 Å². The molecule has 1 aromatic carbocycles. The number of ether oxygens (including phenoxy) is 1. The molecule has 0 aromatic heterocycles. The lowest BCUT2D eigenvalue weighted by Gasteiger charge is -2.12. The Morgan fingerprint density at radius 3 is 2.68 bits per heavy atom. The van der Waals surface area contributed by atoms with Gasteiger partial charge < -0.3 is 20.1 Å². The molecule has 1 rings (SSSR count). The topological polar surface area (TPSA) is 85.6 Å². The van der Waals surface area contributed by atoms with E-state index in [9.17, 15) is 4.79 Å². The van der Waals surface area contributed by atoms with Crippen LogP contribution in [0, 0.1) is 11.3 Å². The zero-order valence-electron chi connectivity index (χ0n) is 12.9. The summed E-state index contributed by atoms with van der Waals surface area (Å²) >= 11 is 0. The number of hydrogen-bond donors (Lipinski definition) is 2. The van der Waals surface area contributed by atoms with Gasteiger partial charge in [-0.15, -0.1) is 0 Å². The molecule has 0 aliphatic rings. The quantitative estimate of drug-likeness (QED) is 0.545. The van der Waals surface area contributed by atoms with Crippen LogP contribution in [0.4, 0.5) is 0 Å². The molecule has 0 heterocycles. The van der Waals surface area contributed by atoms with Crippen molar-refractivity contribution in [1.29, 1.82) is 5.26 Å². The molecular formula is C16H21N3O3. The average Bonchev–Trinajstić information content (AvgIpc) is 2.53. The fraction of sp³-hybridized carbons (Fsp3) is 0.375. The van der Waals surface area contributed by atoms with E-state index in [1.165, 1.54) is 6.20 Å². The molecule has 0 aliphatic heterocycles. The minimum Gasteiger partial charge on any atom is -0.497 e. The number of nitriles is 1. The van der Waals surface area contributed by atoms with Crippen LogP contribution in [0.2, 0.25) is 0 Å². The molecule has 0 radical (unpaired) electrons. The van der Waals surface area contributed by atoms with Gasteiger partial charge in [0.15, 0.2) is 0 Å². The van der Waals surface area contributed by atoms with Gasteiger partial charge >= 0.3 is 0 Å². The minimum absolute atomic E-state index is 0.0191. The third-order valence-electron chi connectivity index (χ3n) is 3.03. The van der Waals surface area contributed by atoms with Crippen molar-refractivity contribution in [3.63, 3.8) is 0 Å². The number of carbonyl (C=O) groups is 1. The van der Waals surface area contributed by atoms with Crippen molar-refractivity contribution >= 4 is 5.91 Å². The van der Waals surface area contributed by atoms with Gasteiger partial charge in [0.2, 0.25) is 0 Å². The molecular weight excluding hydrogens is 282 g/mol. The van der Waals surface area contributed by atoms with Crippen LogP contribution < -0.4 is 10.1 Å². The highest BCUT2D eigenvalue weighted by Crippen LogP contribution is 2.11. The van der Waals surface area contributed by atoms with Gasteiger partial charge in [-0.25, -0.2) is 0 Å². The Morgan fingerprint density at radius 2 is 2.14 bits per heavy atom. The number of aliphatic hydroxyl groups is 1. The standard InChI is InChI=1S/C16H21N3O3/c1-19(9-10-20)12-14(11-17)16(21)18-8-7-13-3-5-15(22-2)6-4-13/h3-6,12,20H,7-10H2,1-2H3,(H,18,21)/b14-12-. The monoisotopic (exact) mass is 303 g/mol. The van der Waals surface area contributed by atoms with Gasteiger partial charge in [-0.05, 0) is 24.1 Å². The second-order valence-corrected chi connectivity index (χ2v) is 4.71. The molecule has 1 amide bonds. The van der Waals surface area contributed by atoms with Crippen molar-refractivity contribution in [3.8, 4) is 11.8 Å². The van der Waals surface area contributed by atoms with Crippen LogP contribution in [0.3, 0.4) is 0 Å². The third kappa shape index (κ3) is 5.85. The van der Waals surface area contributed by atoms with E-state index in [-0.39, 0.29) is 12.2 Å². The Bertz CT molecular complexity index is 547. The van der Waals surface area contributed by atoms with E-state index in [0.29, 0.717) is 19.5 Å². The smallest absolute Gasteiger partial charge is 0.263 e. The average molecular weight is 303 g/mol. The molecule has 0 aliphatic carbocycles. The fourth-order valence-corrected chi connectivity index (χ4v) is 1.79. The highest BCUT2D eigenvalue weighted by Gasteiger charge is 2.09. The third-order valence-corrected chi connectivity index (χ3v) is 3.03. The lowest BCUT2D eigenvalue weighted by Crippen LogP contribution is -2.28. The Labute approximate surface area is 130 Å². The van der Waals surface area contributed by atoms with Crippen molar-refractivity contribution in [2.75, 3.05) is 33.9 Å². The van der Waals surface area contributed by atoms with Crippen LogP contribution in [0.25, 0.3) is 0 Å². The van der Waals surface area contributed by atoms with Gasteiger partial charge in [0.25, 0.3) is 5.91 Å². The van der Waals surface area contributed by atoms with Crippen molar-refractivity contribution in [2.45, 2.75) is 6.42 Å². The van der Waals surface area contributed by atoms with E-state index in [4.69, 9.17) is 15.1 Å². The van der Waals surface area contributed by atoms with Gasteiger partial charge in [-0.1, -0.05) is 12.1 Å². The summed E-state index contributed by atoms with van der Waals surface area (Å²) in [6, 6.07) is 9.45. The number of hydrogen-bond acceptors (Lipinski definition) is 5. The van der Waals surface area contributed by atoms with E-state index < -0.39 is 5.91 Å². The number of aliphatic hydroxyl groups excluding tert-OH is 1. The lowest BCUT2D eigenvalue weighted by molar-refractivity contribution is -0.117. The molecule has 1 aromatic rings. The Balaban J connectivity index is 2.48. The predicted molar refractivity (Wildman–Crippen MR) is 83.1 cm³/mol. The molecule has 0 saturated carbocycles. The summed E-state index contributed by atoms with van der Waals surface area (Å²) in [5, 5.41) is 20.5. The maximum absolute atomic E-state index is 11.9. The summed E-state index contributed by atoms with van der Waals surface area (Å²) in [6.07, 6.45) is 2.10. The first-order valence-corrected chi connectivity index (χ1v) is 6.95. The first kappa shape index (κ1) is 17.5. The Morgan fingerprint density at radius 1 is 1.45 bits per heavy atom. The SMILES string of the molecule is COc1ccc(CCNC(=O)/C(C#N)=C\N(C)CCO)cc1. The molecule has 2 N–H and O–H groups in total. The summed E-state index contributed by atoms with van der Waals surface area (Å²) in [6.45, 7) is 0.767. The second-order valence-electron chi connectivity index (χ2n) is 4.71. The Kier molecular flexibility index (Phi) is 7.51. The number of nitrogens with one attached hydrogen (secondary N) is 1. The van der Waals surface area contributed by atoms with Crippen molar-refractivity contribution in [3.05, 3.63) is 41.6 Å². The van der Waals surface area contributed by atoms with Crippen LogP contribution in [0.5, 0.6) is 5.75 Å². The second kappa shape index (κ2) is 9.42. The Hall–Kier alpha value is -2.52. The summed E-state index contributed by atoms with van der Waals surface area (Å²) in [5.74, 6) is 0.371. The van der Waals surface area contributed by atoms with Gasteiger partial charge in [0.1, 0.15) is 17.4 Å². The molecule has 0 fully saturated rings. The van der Waals surface area contributed by atoms with Gasteiger partial charge in [0.05, 0.1) is 13.7 Å². The molecule has 0 bridgehead atoms. The summed E-state index contributed by atoms with van der Waals surface area (Å²) < 4.78 is 5.08. The molecule has 6 nitrogen and oxygen atoms in total. The maximum atomic E-state index is 11.9. The fourth-order valence-electron chi connectivity index (χ4n) is 1.79. The van der Waals surface area contributed by atoms with E-state index in [0.717, 1.165) is 11.3 Å². The zero-order chi connectivity index (χ0) is 16.4. The normalized spacial score (nSPS) is 10.7. The maximum Gasteiger partial charge on any atom is 0.263 e. The highest BCUT2D eigenvalue weighted by molar-refractivity contribution is 5.97. The minimum atomic E-state index is -0.416. The lowest BCUT2D eigenvalue weighted by atomic mass is 10.1. The van der Waals surface area contributed by atoms with Crippen LogP contribution >= 0.6 is 0 Å². The molecule has 22 heavy (non-hydrogen) atoms. The van der Waals surface area contributed by atoms with Crippen molar-refractivity contribution in [2.24, 2.45) is 0 Å². The van der Waals surface area contributed by atoms with Crippen molar-refractivity contribution in [1.82, 2.24) is 10.2 Å². The number of rotatable bonds is 8. The largest absolute Gasteiger partial charge is 0.497 e. The number of carbonyl (C=O) groups excluding carboxylic acids is 1. The predicted octanol–water partition coefficient (Wildman–Crippen LogP) is 0.685. The number of likely N-dealkylation sites (N-methyl/N-ethyl adjacent to an activating group) is 1. The zero-order valence-corrected chi connectivity index (χ0v) is 12.9. The van der Waals surface area contributed by atoms with E-state index in [2.05, 4.69) is 5.32 Å². The van der Waals surface area contributed by atoms with Gasteiger partial charge in [-0.3, -0.25) is 4.79 Å².